The molecule has 0 saturated carbocycles. The molecular weight excluding hydrogens is 336 g/mol. The maximum Gasteiger partial charge on any atom is 0.228 e. The van der Waals surface area contributed by atoms with E-state index >= 15 is 0 Å². The number of aromatic nitrogens is 3. The molecule has 0 bridgehead atoms. The van der Waals surface area contributed by atoms with E-state index in [1.807, 2.05) is 10.6 Å². The van der Waals surface area contributed by atoms with Gasteiger partial charge in [0.05, 0.1) is 5.41 Å². The summed E-state index contributed by atoms with van der Waals surface area (Å²) in [6.07, 6.45) is 5.27. The molecule has 7 nitrogen and oxygen atoms in total. The Balaban J connectivity index is 1.75. The van der Waals surface area contributed by atoms with Crippen molar-refractivity contribution in [1.82, 2.24) is 19.7 Å². The van der Waals surface area contributed by atoms with Gasteiger partial charge in [-0.2, -0.15) is 0 Å². The van der Waals surface area contributed by atoms with E-state index in [-0.39, 0.29) is 11.3 Å². The van der Waals surface area contributed by atoms with E-state index in [2.05, 4.69) is 36.1 Å². The molecule has 2 aliphatic rings. The zero-order valence-corrected chi connectivity index (χ0v) is 12.9. The molecular formula is C13H15BrN6O. The molecule has 2 aromatic heterocycles. The number of carbonyl (C=O) groups is 1. The molecule has 0 aliphatic carbocycles. The largest absolute Gasteiger partial charge is 0.382 e. The van der Waals surface area contributed by atoms with Gasteiger partial charge in [0.2, 0.25) is 11.9 Å². The number of imidazole rings is 1. The van der Waals surface area contributed by atoms with Gasteiger partial charge in [0, 0.05) is 32.0 Å². The van der Waals surface area contributed by atoms with Crippen LogP contribution in [0.2, 0.25) is 0 Å². The highest BCUT2D eigenvalue weighted by atomic mass is 79.9. The lowest BCUT2D eigenvalue weighted by atomic mass is 9.86. The van der Waals surface area contributed by atoms with Crippen LogP contribution in [-0.2, 0) is 4.79 Å². The molecule has 2 aromatic rings. The smallest absolute Gasteiger partial charge is 0.228 e. The number of anilines is 2. The lowest BCUT2D eigenvalue weighted by molar-refractivity contribution is -0.126. The van der Waals surface area contributed by atoms with Gasteiger partial charge in [0.15, 0.2) is 5.82 Å². The minimum absolute atomic E-state index is 0.172. The molecule has 110 valence electrons. The molecule has 2 fully saturated rings. The minimum atomic E-state index is -0.253. The number of carbonyl (C=O) groups excluding carboxylic acids is 1. The number of hydrogen-bond donors (Lipinski definition) is 2. The summed E-state index contributed by atoms with van der Waals surface area (Å²) in [6, 6.07) is 0. The Labute approximate surface area is 129 Å². The fourth-order valence-corrected chi connectivity index (χ4v) is 3.93. The average Bonchev–Trinajstić information content (AvgIpc) is 3.12. The Bertz CT molecular complexity index is 744. The molecule has 3 N–H and O–H groups in total. The molecule has 2 aliphatic heterocycles. The van der Waals surface area contributed by atoms with Crippen LogP contribution in [0.5, 0.6) is 0 Å². The average molecular weight is 351 g/mol. The number of nitrogens with zero attached hydrogens (tertiary/aromatic N) is 4. The Kier molecular flexibility index (Phi) is 2.66. The van der Waals surface area contributed by atoms with Crippen LogP contribution < -0.4 is 16.0 Å². The van der Waals surface area contributed by atoms with Gasteiger partial charge in [-0.05, 0) is 28.8 Å². The molecule has 1 spiro atoms. The molecule has 1 unspecified atom stereocenters. The molecule has 2 saturated heterocycles. The van der Waals surface area contributed by atoms with Gasteiger partial charge < -0.3 is 16.0 Å². The Hall–Kier alpha value is -1.83. The lowest BCUT2D eigenvalue weighted by Crippen LogP contribution is -2.34. The fourth-order valence-electron chi connectivity index (χ4n) is 3.38. The zero-order chi connectivity index (χ0) is 14.6. The summed E-state index contributed by atoms with van der Waals surface area (Å²) in [7, 11) is 0. The highest BCUT2D eigenvalue weighted by Crippen LogP contribution is 2.39. The van der Waals surface area contributed by atoms with E-state index in [0.29, 0.717) is 17.0 Å². The Morgan fingerprint density at radius 1 is 1.43 bits per heavy atom. The molecule has 0 aromatic carbocycles. The van der Waals surface area contributed by atoms with Gasteiger partial charge in [-0.3, -0.25) is 9.20 Å². The topological polar surface area (TPSA) is 88.5 Å². The van der Waals surface area contributed by atoms with Crippen LogP contribution in [0.25, 0.3) is 5.52 Å². The third-order valence-electron chi connectivity index (χ3n) is 4.53. The quantitative estimate of drug-likeness (QED) is 0.793. The van der Waals surface area contributed by atoms with E-state index in [0.717, 1.165) is 37.4 Å². The molecule has 21 heavy (non-hydrogen) atoms. The van der Waals surface area contributed by atoms with Gasteiger partial charge in [0.1, 0.15) is 10.1 Å². The molecule has 8 heteroatoms. The first-order chi connectivity index (χ1) is 10.1. The Morgan fingerprint density at radius 2 is 2.29 bits per heavy atom. The summed E-state index contributed by atoms with van der Waals surface area (Å²) in [6.45, 7) is 2.30. The minimum Gasteiger partial charge on any atom is -0.382 e. The zero-order valence-electron chi connectivity index (χ0n) is 11.3. The summed E-state index contributed by atoms with van der Waals surface area (Å²) in [4.78, 5) is 22.9. The first-order valence-corrected chi connectivity index (χ1v) is 7.71. The van der Waals surface area contributed by atoms with Crippen LogP contribution in [0.15, 0.2) is 17.0 Å². The van der Waals surface area contributed by atoms with E-state index in [1.165, 1.54) is 0 Å². The molecule has 4 rings (SSSR count). The van der Waals surface area contributed by atoms with Crippen molar-refractivity contribution in [2.75, 3.05) is 30.3 Å². The first kappa shape index (κ1) is 12.9. The summed E-state index contributed by atoms with van der Waals surface area (Å²) in [5, 5.41) is 2.94. The number of nitrogens with one attached hydrogen (secondary N) is 1. The maximum absolute atomic E-state index is 12.1. The third-order valence-corrected chi connectivity index (χ3v) is 5.08. The van der Waals surface area contributed by atoms with Crippen molar-refractivity contribution in [3.05, 3.63) is 17.0 Å². The fraction of sp³-hybridized carbons (Fsp3) is 0.462. The number of amides is 1. The van der Waals surface area contributed by atoms with E-state index < -0.39 is 0 Å². The van der Waals surface area contributed by atoms with E-state index in [1.54, 1.807) is 6.20 Å². The number of nitrogens with two attached hydrogens (primary N) is 1. The SMILES string of the molecule is Nc1nccn2c(N3CCC4(CCNC4=O)C3)nc(Br)c12. The number of hydrogen-bond acceptors (Lipinski definition) is 5. The van der Waals surface area contributed by atoms with Crippen molar-refractivity contribution in [2.24, 2.45) is 5.41 Å². The van der Waals surface area contributed by atoms with Crippen LogP contribution in [-0.4, -0.2) is 39.9 Å². The van der Waals surface area contributed by atoms with Gasteiger partial charge in [-0.25, -0.2) is 9.97 Å². The molecule has 4 heterocycles. The van der Waals surface area contributed by atoms with Crippen molar-refractivity contribution < 1.29 is 4.79 Å². The molecule has 1 amide bonds. The van der Waals surface area contributed by atoms with Crippen LogP contribution in [0.4, 0.5) is 11.8 Å². The standard InChI is InChI=1S/C13H15BrN6O/c14-9-8-10(15)16-4-6-20(8)12(18-9)19-5-2-13(7-19)1-3-17-11(13)21/h4,6H,1-3,5,7H2,(H2,15,16)(H,17,21). The summed E-state index contributed by atoms with van der Waals surface area (Å²) in [5.41, 5.74) is 6.44. The van der Waals surface area contributed by atoms with Crippen molar-refractivity contribution in [3.63, 3.8) is 0 Å². The summed E-state index contributed by atoms with van der Waals surface area (Å²) >= 11 is 3.44. The van der Waals surface area contributed by atoms with Gasteiger partial charge >= 0.3 is 0 Å². The normalized spacial score (nSPS) is 25.2. The van der Waals surface area contributed by atoms with Crippen molar-refractivity contribution >= 4 is 39.1 Å². The van der Waals surface area contributed by atoms with E-state index in [4.69, 9.17) is 5.73 Å². The predicted molar refractivity (Wildman–Crippen MR) is 82.0 cm³/mol. The second-order valence-electron chi connectivity index (χ2n) is 5.69. The van der Waals surface area contributed by atoms with Gasteiger partial charge in [0.25, 0.3) is 0 Å². The first-order valence-electron chi connectivity index (χ1n) is 6.92. The van der Waals surface area contributed by atoms with Gasteiger partial charge in [-0.1, -0.05) is 0 Å². The molecule has 1 atom stereocenters. The second-order valence-corrected chi connectivity index (χ2v) is 6.44. The third kappa shape index (κ3) is 1.75. The highest BCUT2D eigenvalue weighted by Gasteiger charge is 2.48. The summed E-state index contributed by atoms with van der Waals surface area (Å²) in [5.74, 6) is 1.42. The summed E-state index contributed by atoms with van der Waals surface area (Å²) < 4.78 is 2.61. The highest BCUT2D eigenvalue weighted by molar-refractivity contribution is 9.10. The van der Waals surface area contributed by atoms with Gasteiger partial charge in [-0.15, -0.1) is 0 Å². The number of rotatable bonds is 1. The van der Waals surface area contributed by atoms with E-state index in [9.17, 15) is 4.79 Å². The predicted octanol–water partition coefficient (Wildman–Crippen LogP) is 0.790. The van der Waals surface area contributed by atoms with Crippen molar-refractivity contribution in [1.29, 1.82) is 0 Å². The van der Waals surface area contributed by atoms with Crippen molar-refractivity contribution in [3.8, 4) is 0 Å². The van der Waals surface area contributed by atoms with Crippen LogP contribution in [0.3, 0.4) is 0 Å². The monoisotopic (exact) mass is 350 g/mol. The number of fused-ring (bicyclic) bond motifs is 1. The van der Waals surface area contributed by atoms with Crippen LogP contribution in [0, 0.1) is 5.41 Å². The van der Waals surface area contributed by atoms with Crippen LogP contribution >= 0.6 is 15.9 Å². The lowest BCUT2D eigenvalue weighted by Gasteiger charge is -2.21. The molecule has 0 radical (unpaired) electrons. The van der Waals surface area contributed by atoms with Crippen molar-refractivity contribution in [2.45, 2.75) is 12.8 Å². The maximum atomic E-state index is 12.1. The number of nitrogen functional groups attached to an aromatic ring is 1. The van der Waals surface area contributed by atoms with Crippen LogP contribution in [0.1, 0.15) is 12.8 Å². The number of halogens is 1. The Morgan fingerprint density at radius 3 is 3.05 bits per heavy atom. The second kappa shape index (κ2) is 4.33.